The van der Waals surface area contributed by atoms with Crippen LogP contribution in [-0.2, 0) is 23.2 Å². The SMILES string of the molecule is CC(C)CN(Cc1cccn1C)C(=O)CN(C(=O)[C@H]1C[C@H]1c1ccccc1)C1CC1. The van der Waals surface area contributed by atoms with E-state index in [1.165, 1.54) is 5.56 Å². The zero-order valence-corrected chi connectivity index (χ0v) is 18.3. The van der Waals surface area contributed by atoms with Crippen molar-refractivity contribution < 1.29 is 9.59 Å². The smallest absolute Gasteiger partial charge is 0.242 e. The molecule has 0 aliphatic heterocycles. The third-order valence-corrected chi connectivity index (χ3v) is 6.25. The van der Waals surface area contributed by atoms with Crippen molar-refractivity contribution in [1.82, 2.24) is 14.4 Å². The van der Waals surface area contributed by atoms with Gasteiger partial charge in [-0.15, -0.1) is 0 Å². The van der Waals surface area contributed by atoms with Crippen molar-refractivity contribution in [3.63, 3.8) is 0 Å². The van der Waals surface area contributed by atoms with E-state index < -0.39 is 0 Å². The number of rotatable bonds is 9. The Morgan fingerprint density at radius 2 is 1.83 bits per heavy atom. The van der Waals surface area contributed by atoms with Gasteiger partial charge in [0.15, 0.2) is 0 Å². The molecule has 0 saturated heterocycles. The van der Waals surface area contributed by atoms with Crippen LogP contribution in [0.25, 0.3) is 0 Å². The number of nitrogens with zero attached hydrogens (tertiary/aromatic N) is 3. The highest BCUT2D eigenvalue weighted by atomic mass is 16.2. The number of carbonyl (C=O) groups excluding carboxylic acids is 2. The van der Waals surface area contributed by atoms with Gasteiger partial charge in [0.05, 0.1) is 6.54 Å². The summed E-state index contributed by atoms with van der Waals surface area (Å²) in [5, 5.41) is 0. The molecule has 30 heavy (non-hydrogen) atoms. The first-order valence-corrected chi connectivity index (χ1v) is 11.2. The number of carbonyl (C=O) groups is 2. The predicted octanol–water partition coefficient (Wildman–Crippen LogP) is 3.80. The Bertz CT molecular complexity index is 885. The average molecular weight is 408 g/mol. The first kappa shape index (κ1) is 20.7. The molecule has 1 heterocycles. The molecule has 2 aliphatic rings. The van der Waals surface area contributed by atoms with Gasteiger partial charge in [-0.05, 0) is 48.8 Å². The normalized spacial score (nSPS) is 20.3. The molecule has 0 bridgehead atoms. The Labute approximate surface area is 179 Å². The second-order valence-corrected chi connectivity index (χ2v) is 9.34. The molecule has 0 radical (unpaired) electrons. The maximum Gasteiger partial charge on any atom is 0.242 e. The van der Waals surface area contributed by atoms with Crippen molar-refractivity contribution in [1.29, 1.82) is 0 Å². The minimum Gasteiger partial charge on any atom is -0.353 e. The van der Waals surface area contributed by atoms with E-state index in [9.17, 15) is 9.59 Å². The van der Waals surface area contributed by atoms with Crippen molar-refractivity contribution in [2.45, 2.75) is 51.6 Å². The fourth-order valence-corrected chi connectivity index (χ4v) is 4.32. The van der Waals surface area contributed by atoms with Gasteiger partial charge in [-0.2, -0.15) is 0 Å². The summed E-state index contributed by atoms with van der Waals surface area (Å²) in [6, 6.07) is 14.6. The Kier molecular flexibility index (Phi) is 5.98. The Morgan fingerprint density at radius 1 is 1.10 bits per heavy atom. The molecule has 1 aromatic heterocycles. The van der Waals surface area contributed by atoms with E-state index >= 15 is 0 Å². The molecule has 1 aromatic carbocycles. The average Bonchev–Trinajstić information content (AvgIpc) is 3.64. The molecule has 0 N–H and O–H groups in total. The molecule has 2 fully saturated rings. The summed E-state index contributed by atoms with van der Waals surface area (Å²) >= 11 is 0. The highest BCUT2D eigenvalue weighted by Crippen LogP contribution is 2.49. The van der Waals surface area contributed by atoms with Gasteiger partial charge in [0, 0.05) is 37.4 Å². The van der Waals surface area contributed by atoms with Gasteiger partial charge in [0.2, 0.25) is 11.8 Å². The van der Waals surface area contributed by atoms with Crippen LogP contribution in [0.15, 0.2) is 48.7 Å². The summed E-state index contributed by atoms with van der Waals surface area (Å²) in [5.41, 5.74) is 2.35. The number of hydrogen-bond donors (Lipinski definition) is 0. The van der Waals surface area contributed by atoms with Gasteiger partial charge in [0.25, 0.3) is 0 Å². The van der Waals surface area contributed by atoms with Crippen molar-refractivity contribution >= 4 is 11.8 Å². The van der Waals surface area contributed by atoms with E-state index in [0.29, 0.717) is 24.9 Å². The van der Waals surface area contributed by atoms with Crippen molar-refractivity contribution in [2.24, 2.45) is 18.9 Å². The van der Waals surface area contributed by atoms with Gasteiger partial charge in [-0.1, -0.05) is 44.2 Å². The Morgan fingerprint density at radius 3 is 2.43 bits per heavy atom. The Hall–Kier alpha value is -2.56. The third kappa shape index (κ3) is 4.77. The van der Waals surface area contributed by atoms with Crippen LogP contribution in [0, 0.1) is 11.8 Å². The summed E-state index contributed by atoms with van der Waals surface area (Å²) in [7, 11) is 2.00. The second kappa shape index (κ2) is 8.66. The topological polar surface area (TPSA) is 45.6 Å². The zero-order chi connectivity index (χ0) is 21.3. The third-order valence-electron chi connectivity index (χ3n) is 6.25. The van der Waals surface area contributed by atoms with Crippen LogP contribution in [0.1, 0.15) is 50.3 Å². The molecule has 2 aliphatic carbocycles. The lowest BCUT2D eigenvalue weighted by molar-refractivity contribution is -0.142. The molecule has 2 atom stereocenters. The molecule has 2 saturated carbocycles. The Balaban J connectivity index is 1.43. The molecule has 5 nitrogen and oxygen atoms in total. The molecule has 160 valence electrons. The number of benzene rings is 1. The summed E-state index contributed by atoms with van der Waals surface area (Å²) in [6.07, 6.45) is 4.94. The predicted molar refractivity (Wildman–Crippen MR) is 118 cm³/mol. The molecule has 5 heteroatoms. The van der Waals surface area contributed by atoms with Gasteiger partial charge >= 0.3 is 0 Å². The van der Waals surface area contributed by atoms with E-state index in [1.807, 2.05) is 47.3 Å². The van der Waals surface area contributed by atoms with E-state index in [1.54, 1.807) is 0 Å². The van der Waals surface area contributed by atoms with Crippen LogP contribution in [-0.4, -0.2) is 45.3 Å². The number of amides is 2. The summed E-state index contributed by atoms with van der Waals surface area (Å²) in [6.45, 7) is 5.75. The lowest BCUT2D eigenvalue weighted by Crippen LogP contribution is -2.45. The largest absolute Gasteiger partial charge is 0.353 e. The molecular weight excluding hydrogens is 374 g/mol. The standard InChI is InChI=1S/C25H33N3O2/c1-18(2)15-27(16-21-10-7-13-26(21)3)24(29)17-28(20-11-12-20)25(30)23-14-22(23)19-8-5-4-6-9-19/h4-10,13,18,20,22-23H,11-12,14-17H2,1-3H3/t22-,23-/m0/s1. The van der Waals surface area contributed by atoms with E-state index in [2.05, 4.69) is 36.6 Å². The summed E-state index contributed by atoms with van der Waals surface area (Å²) < 4.78 is 2.05. The minimum atomic E-state index is 0.0345. The van der Waals surface area contributed by atoms with E-state index in [0.717, 1.165) is 25.0 Å². The van der Waals surface area contributed by atoms with Gasteiger partial charge < -0.3 is 14.4 Å². The maximum atomic E-state index is 13.3. The van der Waals surface area contributed by atoms with Crippen LogP contribution in [0.3, 0.4) is 0 Å². The van der Waals surface area contributed by atoms with Crippen LogP contribution in [0.4, 0.5) is 0 Å². The van der Waals surface area contributed by atoms with Crippen LogP contribution in [0.2, 0.25) is 0 Å². The lowest BCUT2D eigenvalue weighted by atomic mass is 10.1. The van der Waals surface area contributed by atoms with Gasteiger partial charge in [-0.3, -0.25) is 9.59 Å². The zero-order valence-electron chi connectivity index (χ0n) is 18.3. The first-order chi connectivity index (χ1) is 14.4. The molecular formula is C25H33N3O2. The van der Waals surface area contributed by atoms with Gasteiger partial charge in [0.1, 0.15) is 6.54 Å². The number of aromatic nitrogens is 1. The van der Waals surface area contributed by atoms with Crippen LogP contribution < -0.4 is 0 Å². The van der Waals surface area contributed by atoms with Crippen molar-refractivity contribution in [2.75, 3.05) is 13.1 Å². The van der Waals surface area contributed by atoms with Crippen LogP contribution >= 0.6 is 0 Å². The fourth-order valence-electron chi connectivity index (χ4n) is 4.32. The number of aryl methyl sites for hydroxylation is 1. The molecule has 0 unspecified atom stereocenters. The maximum absolute atomic E-state index is 13.3. The monoisotopic (exact) mass is 407 g/mol. The highest BCUT2D eigenvalue weighted by molar-refractivity contribution is 5.88. The van der Waals surface area contributed by atoms with Gasteiger partial charge in [-0.25, -0.2) is 0 Å². The lowest BCUT2D eigenvalue weighted by Gasteiger charge is -2.29. The highest BCUT2D eigenvalue weighted by Gasteiger charge is 2.48. The summed E-state index contributed by atoms with van der Waals surface area (Å²) in [4.78, 5) is 30.4. The molecule has 2 aromatic rings. The quantitative estimate of drug-likeness (QED) is 0.635. The summed E-state index contributed by atoms with van der Waals surface area (Å²) in [5.74, 6) is 0.952. The minimum absolute atomic E-state index is 0.0345. The second-order valence-electron chi connectivity index (χ2n) is 9.34. The number of hydrogen-bond acceptors (Lipinski definition) is 2. The van der Waals surface area contributed by atoms with Crippen molar-refractivity contribution in [3.05, 3.63) is 59.9 Å². The van der Waals surface area contributed by atoms with Crippen LogP contribution in [0.5, 0.6) is 0 Å². The molecule has 4 rings (SSSR count). The molecule has 0 spiro atoms. The van der Waals surface area contributed by atoms with Crippen molar-refractivity contribution in [3.8, 4) is 0 Å². The molecule has 2 amide bonds. The first-order valence-electron chi connectivity index (χ1n) is 11.2. The van der Waals surface area contributed by atoms with E-state index in [4.69, 9.17) is 0 Å². The fraction of sp³-hybridized carbons (Fsp3) is 0.520. The van der Waals surface area contributed by atoms with E-state index in [-0.39, 0.29) is 30.3 Å².